The number of nitro groups is 1. The quantitative estimate of drug-likeness (QED) is 0.318. The van der Waals surface area contributed by atoms with Crippen LogP contribution in [-0.2, 0) is 21.3 Å². The van der Waals surface area contributed by atoms with Gasteiger partial charge in [-0.2, -0.15) is 9.41 Å². The molecule has 0 aliphatic carbocycles. The van der Waals surface area contributed by atoms with E-state index in [1.807, 2.05) is 19.9 Å². The number of methoxy groups -OCH3 is 1. The molecule has 0 saturated heterocycles. The molecule has 0 unspecified atom stereocenters. The smallest absolute Gasteiger partial charge is 0.270 e. The summed E-state index contributed by atoms with van der Waals surface area (Å²) in [5.74, 6) is 0. The first kappa shape index (κ1) is 24.5. The topological polar surface area (TPSA) is 119 Å². The number of rotatable bonds is 11. The second-order valence-corrected chi connectivity index (χ2v) is 8.77. The van der Waals surface area contributed by atoms with Crippen LogP contribution in [0.25, 0.3) is 0 Å². The highest BCUT2D eigenvalue weighted by Crippen LogP contribution is 2.29. The van der Waals surface area contributed by atoms with E-state index in [0.717, 1.165) is 23.0 Å². The Labute approximate surface area is 182 Å². The number of non-ortho nitro benzene ring substituents is 1. The minimum Gasteiger partial charge on any atom is -0.383 e. The highest BCUT2D eigenvalue weighted by atomic mass is 32.2. The molecule has 31 heavy (non-hydrogen) atoms. The van der Waals surface area contributed by atoms with E-state index >= 15 is 0 Å². The molecule has 0 atom stereocenters. The molecule has 0 aliphatic heterocycles. The first-order valence-electron chi connectivity index (χ1n) is 9.90. The van der Waals surface area contributed by atoms with Crippen LogP contribution < -0.4 is 5.43 Å². The Morgan fingerprint density at radius 2 is 1.94 bits per heavy atom. The van der Waals surface area contributed by atoms with Gasteiger partial charge in [-0.25, -0.2) is 8.42 Å². The van der Waals surface area contributed by atoms with E-state index in [1.165, 1.54) is 16.4 Å². The molecule has 2 aromatic rings. The number of ether oxygens (including phenoxy) is 1. The van der Waals surface area contributed by atoms with Crippen LogP contribution in [0, 0.1) is 24.0 Å². The van der Waals surface area contributed by atoms with Crippen molar-refractivity contribution in [2.45, 2.75) is 39.1 Å². The molecule has 0 spiro atoms. The number of aryl methyl sites for hydroxylation is 1. The average molecular weight is 452 g/mol. The van der Waals surface area contributed by atoms with Gasteiger partial charge >= 0.3 is 0 Å². The third kappa shape index (κ3) is 5.49. The molecular weight excluding hydrogens is 422 g/mol. The molecule has 1 heterocycles. The predicted molar refractivity (Wildman–Crippen MR) is 120 cm³/mol. The molecule has 1 aromatic carbocycles. The van der Waals surface area contributed by atoms with Gasteiger partial charge in [0, 0.05) is 55.8 Å². The summed E-state index contributed by atoms with van der Waals surface area (Å²) in [7, 11) is -2.28. The number of nitro benzene ring substituents is 1. The van der Waals surface area contributed by atoms with Crippen molar-refractivity contribution in [3.8, 4) is 0 Å². The third-order valence-corrected chi connectivity index (χ3v) is 7.11. The summed E-state index contributed by atoms with van der Waals surface area (Å²) in [4.78, 5) is 10.4. The third-order valence-electron chi connectivity index (χ3n) is 5.02. The van der Waals surface area contributed by atoms with E-state index in [0.29, 0.717) is 13.2 Å². The lowest BCUT2D eigenvalue weighted by atomic mass is 10.2. The average Bonchev–Trinajstić information content (AvgIpc) is 2.99. The molecule has 0 amide bonds. The van der Waals surface area contributed by atoms with Gasteiger partial charge in [0.15, 0.2) is 0 Å². The van der Waals surface area contributed by atoms with Gasteiger partial charge in [-0.3, -0.25) is 15.5 Å². The molecule has 170 valence electrons. The number of hydrazone groups is 1. The van der Waals surface area contributed by atoms with Gasteiger partial charge in [0.25, 0.3) is 5.69 Å². The van der Waals surface area contributed by atoms with E-state index < -0.39 is 14.9 Å². The van der Waals surface area contributed by atoms with Crippen molar-refractivity contribution >= 4 is 27.6 Å². The Morgan fingerprint density at radius 1 is 1.26 bits per heavy atom. The van der Waals surface area contributed by atoms with E-state index in [1.54, 1.807) is 27.2 Å². The fourth-order valence-electron chi connectivity index (χ4n) is 3.29. The zero-order chi connectivity index (χ0) is 23.2. The molecule has 1 N–H and O–H groups in total. The molecule has 10 nitrogen and oxygen atoms in total. The SMILES string of the molecule is CCN(CC)S(=O)(=O)c1cc([N+](=O)[O-])ccc1NN=Cc1cc(C)n(CCOC)c1C. The number of nitrogens with one attached hydrogen (secondary N) is 1. The second-order valence-electron chi connectivity index (χ2n) is 6.87. The highest BCUT2D eigenvalue weighted by Gasteiger charge is 2.27. The number of benzene rings is 1. The molecule has 0 aliphatic rings. The minimum absolute atomic E-state index is 0.168. The predicted octanol–water partition coefficient (Wildman–Crippen LogP) is 3.14. The van der Waals surface area contributed by atoms with Gasteiger partial charge in [-0.15, -0.1) is 0 Å². The van der Waals surface area contributed by atoms with Crippen molar-refractivity contribution in [3.05, 3.63) is 51.3 Å². The highest BCUT2D eigenvalue weighted by molar-refractivity contribution is 7.89. The second kappa shape index (κ2) is 10.5. The number of anilines is 1. The van der Waals surface area contributed by atoms with Gasteiger partial charge in [0.05, 0.1) is 23.4 Å². The van der Waals surface area contributed by atoms with Gasteiger partial charge in [-0.05, 0) is 26.0 Å². The summed E-state index contributed by atoms with van der Waals surface area (Å²) in [5.41, 5.74) is 5.53. The number of hydrogen-bond donors (Lipinski definition) is 1. The Balaban J connectivity index is 2.39. The summed E-state index contributed by atoms with van der Waals surface area (Å²) in [5, 5.41) is 15.4. The minimum atomic E-state index is -3.93. The molecule has 0 bridgehead atoms. The van der Waals surface area contributed by atoms with Gasteiger partial charge < -0.3 is 9.30 Å². The maximum atomic E-state index is 13.0. The molecule has 0 radical (unpaired) electrons. The Bertz CT molecular complexity index is 1060. The van der Waals surface area contributed by atoms with E-state index in [-0.39, 0.29) is 29.4 Å². The maximum Gasteiger partial charge on any atom is 0.270 e. The Hall–Kier alpha value is -2.76. The largest absolute Gasteiger partial charge is 0.383 e. The standard InChI is InChI=1S/C20H29N5O5S/c1-6-23(7-2)31(28,29)20-13-18(25(26)27)8-9-19(20)22-21-14-17-12-15(3)24(16(17)4)10-11-30-5/h8-9,12-14,22H,6-7,10-11H2,1-5H3. The molecule has 0 saturated carbocycles. The van der Waals surface area contributed by atoms with Crippen LogP contribution in [0.4, 0.5) is 11.4 Å². The molecular formula is C20H29N5O5S. The first-order chi connectivity index (χ1) is 14.7. The zero-order valence-electron chi connectivity index (χ0n) is 18.5. The summed E-state index contributed by atoms with van der Waals surface area (Å²) >= 11 is 0. The summed E-state index contributed by atoms with van der Waals surface area (Å²) in [6, 6.07) is 5.63. The van der Waals surface area contributed by atoms with Crippen molar-refractivity contribution in [1.29, 1.82) is 0 Å². The van der Waals surface area contributed by atoms with Crippen molar-refractivity contribution in [3.63, 3.8) is 0 Å². The van der Waals surface area contributed by atoms with Crippen LogP contribution in [0.15, 0.2) is 34.3 Å². The Morgan fingerprint density at radius 3 is 2.52 bits per heavy atom. The van der Waals surface area contributed by atoms with Crippen LogP contribution in [0.5, 0.6) is 0 Å². The molecule has 11 heteroatoms. The van der Waals surface area contributed by atoms with Crippen LogP contribution in [0.3, 0.4) is 0 Å². The van der Waals surface area contributed by atoms with Crippen molar-refractivity contribution in [1.82, 2.24) is 8.87 Å². The number of nitrogens with zero attached hydrogens (tertiary/aromatic N) is 4. The van der Waals surface area contributed by atoms with Gasteiger partial charge in [0.1, 0.15) is 4.90 Å². The van der Waals surface area contributed by atoms with Crippen LogP contribution in [0.2, 0.25) is 0 Å². The number of hydrogen-bond acceptors (Lipinski definition) is 7. The van der Waals surface area contributed by atoms with Crippen LogP contribution >= 0.6 is 0 Å². The van der Waals surface area contributed by atoms with Crippen LogP contribution in [-0.4, -0.2) is 55.2 Å². The number of sulfonamides is 1. The lowest BCUT2D eigenvalue weighted by Crippen LogP contribution is -2.31. The summed E-state index contributed by atoms with van der Waals surface area (Å²) < 4.78 is 34.5. The monoisotopic (exact) mass is 451 g/mol. The fourth-order valence-corrected chi connectivity index (χ4v) is 4.91. The molecule has 0 fully saturated rings. The van der Waals surface area contributed by atoms with Crippen molar-refractivity contribution < 1.29 is 18.1 Å². The van der Waals surface area contributed by atoms with E-state index in [2.05, 4.69) is 15.1 Å². The van der Waals surface area contributed by atoms with Gasteiger partial charge in [0.2, 0.25) is 10.0 Å². The Kier molecular flexibility index (Phi) is 8.31. The van der Waals surface area contributed by atoms with Gasteiger partial charge in [-0.1, -0.05) is 13.8 Å². The van der Waals surface area contributed by atoms with Crippen LogP contribution in [0.1, 0.15) is 30.8 Å². The summed E-state index contributed by atoms with van der Waals surface area (Å²) in [6.07, 6.45) is 1.60. The first-order valence-corrected chi connectivity index (χ1v) is 11.3. The fraction of sp³-hybridized carbons (Fsp3) is 0.450. The van der Waals surface area contributed by atoms with Crippen molar-refractivity contribution in [2.24, 2.45) is 5.10 Å². The lowest BCUT2D eigenvalue weighted by molar-refractivity contribution is -0.385. The lowest BCUT2D eigenvalue weighted by Gasteiger charge is -2.20. The summed E-state index contributed by atoms with van der Waals surface area (Å²) in [6.45, 7) is 9.16. The molecule has 2 rings (SSSR count). The molecule has 1 aromatic heterocycles. The van der Waals surface area contributed by atoms with Crippen molar-refractivity contribution in [2.75, 3.05) is 32.2 Å². The normalized spacial score (nSPS) is 12.1. The maximum absolute atomic E-state index is 13.0. The van der Waals surface area contributed by atoms with E-state index in [4.69, 9.17) is 4.74 Å². The van der Waals surface area contributed by atoms with E-state index in [9.17, 15) is 18.5 Å². The number of aromatic nitrogens is 1. The zero-order valence-corrected chi connectivity index (χ0v) is 19.3.